The van der Waals surface area contributed by atoms with E-state index in [1.165, 1.54) is 12.0 Å². The highest BCUT2D eigenvalue weighted by molar-refractivity contribution is 6.31. The van der Waals surface area contributed by atoms with Crippen LogP contribution in [0.1, 0.15) is 69.8 Å². The summed E-state index contributed by atoms with van der Waals surface area (Å²) in [5.74, 6) is 0.140. The molecule has 3 atom stereocenters. The van der Waals surface area contributed by atoms with Crippen LogP contribution in [0.4, 0.5) is 0 Å². The lowest BCUT2D eigenvalue weighted by atomic mass is 9.79. The van der Waals surface area contributed by atoms with Crippen LogP contribution in [0.3, 0.4) is 0 Å². The third kappa shape index (κ3) is 12.0. The van der Waals surface area contributed by atoms with Gasteiger partial charge < -0.3 is 34.3 Å². The number of benzene rings is 2. The van der Waals surface area contributed by atoms with Crippen molar-refractivity contribution in [2.45, 2.75) is 66.4 Å². The molecule has 3 unspecified atom stereocenters. The summed E-state index contributed by atoms with van der Waals surface area (Å²) in [4.78, 5) is 48.2. The van der Waals surface area contributed by atoms with Gasteiger partial charge in [0, 0.05) is 60.4 Å². The van der Waals surface area contributed by atoms with Gasteiger partial charge in [0.2, 0.25) is 11.8 Å². The zero-order valence-corrected chi connectivity index (χ0v) is 34.1. The molecule has 1 aromatic heterocycles. The average molecular weight is 775 g/mol. The monoisotopic (exact) mass is 774 g/mol. The maximum absolute atomic E-state index is 13.8. The number of nitrogens with zero attached hydrogens (tertiary/aromatic N) is 2. The maximum Gasteiger partial charge on any atom is 0.254 e. The number of allylic oxidation sites excluding steroid dienone is 4. The van der Waals surface area contributed by atoms with E-state index in [4.69, 9.17) is 25.8 Å². The SMILES string of the molecule is C=CC.CCC.COc1cc(C(=O)N2CC3CN(C(=O)Cc4c[nH]c5cc(Cl)ccc45)CC(C(=O)NCCOCC4=CC=CCC4)C3C2)ccc1OC(C)C. The summed E-state index contributed by atoms with van der Waals surface area (Å²) < 4.78 is 17.2. The average Bonchev–Trinajstić information content (AvgIpc) is 3.78. The van der Waals surface area contributed by atoms with E-state index in [0.717, 1.165) is 29.3 Å². The number of hydrogen-bond donors (Lipinski definition) is 2. The van der Waals surface area contributed by atoms with E-state index >= 15 is 0 Å². The van der Waals surface area contributed by atoms with Gasteiger partial charge in [0.25, 0.3) is 5.91 Å². The number of fused-ring (bicyclic) bond motifs is 2. The highest BCUT2D eigenvalue weighted by Crippen LogP contribution is 2.37. The van der Waals surface area contributed by atoms with E-state index < -0.39 is 5.92 Å². The third-order valence-electron chi connectivity index (χ3n) is 9.63. The van der Waals surface area contributed by atoms with Gasteiger partial charge in [-0.25, -0.2) is 0 Å². The van der Waals surface area contributed by atoms with Gasteiger partial charge in [0.05, 0.1) is 38.8 Å². The predicted molar refractivity (Wildman–Crippen MR) is 221 cm³/mol. The number of hydrogen-bond acceptors (Lipinski definition) is 6. The number of rotatable bonds is 12. The van der Waals surface area contributed by atoms with Crippen molar-refractivity contribution < 1.29 is 28.6 Å². The summed E-state index contributed by atoms with van der Waals surface area (Å²) in [5.41, 5.74) is 3.48. The second kappa shape index (κ2) is 21.5. The van der Waals surface area contributed by atoms with Crippen LogP contribution in [0.2, 0.25) is 5.02 Å². The van der Waals surface area contributed by atoms with Gasteiger partial charge in [-0.3, -0.25) is 14.4 Å². The van der Waals surface area contributed by atoms with Crippen LogP contribution in [0, 0.1) is 17.8 Å². The molecule has 0 spiro atoms. The fourth-order valence-corrected chi connectivity index (χ4v) is 7.36. The van der Waals surface area contributed by atoms with E-state index in [9.17, 15) is 14.4 Å². The largest absolute Gasteiger partial charge is 0.493 e. The molecule has 2 aliphatic heterocycles. The minimum absolute atomic E-state index is 0.0429. The Morgan fingerprint density at radius 3 is 2.49 bits per heavy atom. The second-order valence-corrected chi connectivity index (χ2v) is 14.9. The topological polar surface area (TPSA) is 113 Å². The van der Waals surface area contributed by atoms with Gasteiger partial charge in [-0.1, -0.05) is 62.2 Å². The Kier molecular flexibility index (Phi) is 16.9. The summed E-state index contributed by atoms with van der Waals surface area (Å²) >= 11 is 6.17. The molecule has 11 heteroatoms. The molecule has 0 saturated carbocycles. The molecule has 3 heterocycles. The molecule has 2 saturated heterocycles. The highest BCUT2D eigenvalue weighted by atomic mass is 35.5. The van der Waals surface area contributed by atoms with Crippen LogP contribution >= 0.6 is 11.6 Å². The molecular formula is C44H59ClN4O6. The first-order valence-corrected chi connectivity index (χ1v) is 19.8. The number of carbonyl (C=O) groups excluding carboxylic acids is 3. The standard InChI is InChI=1S/C38H45ClN4O6.C3H8.C3H6/c1-24(2)49-34-12-9-26(15-35(34)47-3)38(46)43-20-28-19-42(36(44)16-27-18-41-33-17-29(39)10-11-30(27)33)22-32(31(28)21-43)37(45)40-13-14-48-23-25-7-5-4-6-8-25;2*1-3-2/h4-5,7,9-12,15,17-18,24,28,31-32,41H,6,8,13-14,16,19-23H2,1-3H3,(H,40,45);3H2,1-2H3;3H,1H2,2H3. The van der Waals surface area contributed by atoms with Crippen molar-refractivity contribution in [1.29, 1.82) is 0 Å². The summed E-state index contributed by atoms with van der Waals surface area (Å²) in [6.07, 6.45) is 13.3. The summed E-state index contributed by atoms with van der Waals surface area (Å²) in [7, 11) is 1.55. The number of carbonyl (C=O) groups is 3. The summed E-state index contributed by atoms with van der Waals surface area (Å²) in [6, 6.07) is 10.8. The predicted octanol–water partition coefficient (Wildman–Crippen LogP) is 8.02. The smallest absolute Gasteiger partial charge is 0.254 e. The number of methoxy groups -OCH3 is 1. The van der Waals surface area contributed by atoms with E-state index in [-0.39, 0.29) is 48.6 Å². The van der Waals surface area contributed by atoms with Gasteiger partial charge in [-0.05, 0) is 86.9 Å². The lowest BCUT2D eigenvalue weighted by Crippen LogP contribution is -2.53. The van der Waals surface area contributed by atoms with Crippen molar-refractivity contribution in [3.63, 3.8) is 0 Å². The van der Waals surface area contributed by atoms with Gasteiger partial charge >= 0.3 is 0 Å². The van der Waals surface area contributed by atoms with Crippen LogP contribution in [0.25, 0.3) is 10.9 Å². The Bertz CT molecular complexity index is 1820. The van der Waals surface area contributed by atoms with Crippen LogP contribution < -0.4 is 14.8 Å². The van der Waals surface area contributed by atoms with Gasteiger partial charge in [0.1, 0.15) is 0 Å². The number of halogens is 1. The maximum atomic E-state index is 13.8. The summed E-state index contributed by atoms with van der Waals surface area (Å²) in [6.45, 7) is 16.3. The Morgan fingerprint density at radius 2 is 1.80 bits per heavy atom. The Morgan fingerprint density at radius 1 is 1.05 bits per heavy atom. The number of likely N-dealkylation sites (tertiary alicyclic amines) is 2. The molecule has 10 nitrogen and oxygen atoms in total. The fraction of sp³-hybridized carbons (Fsp3) is 0.477. The van der Waals surface area contributed by atoms with Gasteiger partial charge in [-0.2, -0.15) is 0 Å². The number of piperidine rings is 1. The van der Waals surface area contributed by atoms with E-state index in [1.54, 1.807) is 41.2 Å². The quantitative estimate of drug-likeness (QED) is 0.142. The molecule has 55 heavy (non-hydrogen) atoms. The zero-order chi connectivity index (χ0) is 39.9. The normalized spacial score (nSPS) is 18.7. The molecular weight excluding hydrogens is 716 g/mol. The highest BCUT2D eigenvalue weighted by Gasteiger charge is 2.47. The molecule has 0 radical (unpaired) electrons. The van der Waals surface area contributed by atoms with Crippen molar-refractivity contribution >= 4 is 40.2 Å². The van der Waals surface area contributed by atoms with E-state index in [0.29, 0.717) is 61.5 Å². The first-order chi connectivity index (χ1) is 26.5. The second-order valence-electron chi connectivity index (χ2n) is 14.5. The Hall–Kier alpha value is -4.54. The minimum Gasteiger partial charge on any atom is -0.493 e. The number of H-pyrrole nitrogens is 1. The van der Waals surface area contributed by atoms with Crippen LogP contribution in [0.15, 0.2) is 79.1 Å². The molecule has 2 aromatic carbocycles. The first kappa shape index (κ1) is 43.2. The molecule has 3 amide bonds. The molecule has 1 aliphatic carbocycles. The van der Waals surface area contributed by atoms with Crippen LogP contribution in [0.5, 0.6) is 11.5 Å². The fourth-order valence-electron chi connectivity index (χ4n) is 7.19. The van der Waals surface area contributed by atoms with Crippen molar-refractivity contribution in [3.05, 3.63) is 95.2 Å². The molecule has 6 rings (SSSR count). The van der Waals surface area contributed by atoms with E-state index in [1.807, 2.05) is 51.2 Å². The molecule has 298 valence electrons. The van der Waals surface area contributed by atoms with E-state index in [2.05, 4.69) is 42.9 Å². The molecule has 2 N–H and O–H groups in total. The van der Waals surface area contributed by atoms with Gasteiger partial charge in [0.15, 0.2) is 11.5 Å². The number of nitrogens with one attached hydrogen (secondary N) is 2. The van der Waals surface area contributed by atoms with Crippen molar-refractivity contribution in [2.75, 3.05) is 53.0 Å². The van der Waals surface area contributed by atoms with Crippen molar-refractivity contribution in [1.82, 2.24) is 20.1 Å². The number of amides is 3. The third-order valence-corrected chi connectivity index (χ3v) is 9.87. The minimum atomic E-state index is -0.468. The molecule has 2 fully saturated rings. The number of ether oxygens (including phenoxy) is 3. The van der Waals surface area contributed by atoms with Crippen molar-refractivity contribution in [3.8, 4) is 11.5 Å². The first-order valence-electron chi connectivity index (χ1n) is 19.5. The summed E-state index contributed by atoms with van der Waals surface area (Å²) in [5, 5.41) is 4.63. The molecule has 0 bridgehead atoms. The Labute approximate surface area is 331 Å². The Balaban J connectivity index is 0.00000105. The van der Waals surface area contributed by atoms with Gasteiger partial charge in [-0.15, -0.1) is 6.58 Å². The van der Waals surface area contributed by atoms with Crippen LogP contribution in [-0.2, 0) is 20.7 Å². The lowest BCUT2D eigenvalue weighted by molar-refractivity contribution is -0.138. The molecule has 3 aromatic rings. The molecule has 3 aliphatic rings. The van der Waals surface area contributed by atoms with Crippen LogP contribution in [-0.4, -0.2) is 91.7 Å². The van der Waals surface area contributed by atoms with Crippen molar-refractivity contribution in [2.24, 2.45) is 17.8 Å². The number of aromatic amines is 1. The number of aromatic nitrogens is 1. The zero-order valence-electron chi connectivity index (χ0n) is 33.4. The lowest BCUT2D eigenvalue weighted by Gasteiger charge is -2.39.